The molecular weight excluding hydrogens is 226 g/mol. The van der Waals surface area contributed by atoms with Crippen LogP contribution in [0.1, 0.15) is 31.4 Å². The number of hydrogen-bond acceptors (Lipinski definition) is 3. The maximum atomic E-state index is 5.63. The van der Waals surface area contributed by atoms with E-state index in [0.717, 1.165) is 38.1 Å². The van der Waals surface area contributed by atoms with Crippen LogP contribution in [-0.2, 0) is 17.7 Å². The Balaban J connectivity index is 1.73. The third-order valence-electron chi connectivity index (χ3n) is 2.86. The lowest BCUT2D eigenvalue weighted by Gasteiger charge is -2.07. The van der Waals surface area contributed by atoms with Crippen LogP contribution in [0.4, 0.5) is 0 Å². The summed E-state index contributed by atoms with van der Waals surface area (Å²) in [6.45, 7) is 1.82. The minimum atomic E-state index is 0.426. The van der Waals surface area contributed by atoms with Crippen molar-refractivity contribution >= 4 is 11.6 Å². The number of aryl methyl sites for hydroxylation is 2. The van der Waals surface area contributed by atoms with Gasteiger partial charge in [-0.1, -0.05) is 5.21 Å². The number of rotatable bonds is 6. The number of hydrogen-bond donors (Lipinski definition) is 0. The van der Waals surface area contributed by atoms with E-state index in [1.165, 1.54) is 12.8 Å². The van der Waals surface area contributed by atoms with Gasteiger partial charge in [-0.15, -0.1) is 16.7 Å². The normalized spacial score (nSPS) is 20.4. The molecule has 0 bridgehead atoms. The van der Waals surface area contributed by atoms with E-state index in [1.807, 2.05) is 10.9 Å². The van der Waals surface area contributed by atoms with Crippen LogP contribution in [0.3, 0.4) is 0 Å². The molecule has 0 saturated carbocycles. The molecule has 4 nitrogen and oxygen atoms in total. The summed E-state index contributed by atoms with van der Waals surface area (Å²) >= 11 is 5.63. The third kappa shape index (κ3) is 3.46. The molecule has 1 atom stereocenters. The first kappa shape index (κ1) is 11.9. The first-order valence-corrected chi connectivity index (χ1v) is 6.48. The Morgan fingerprint density at radius 1 is 1.56 bits per heavy atom. The van der Waals surface area contributed by atoms with Crippen LogP contribution in [0.5, 0.6) is 0 Å². The lowest BCUT2D eigenvalue weighted by atomic mass is 10.2. The molecular formula is C11H18ClN3O. The molecule has 2 rings (SSSR count). The summed E-state index contributed by atoms with van der Waals surface area (Å²) in [6.07, 6.45) is 7.75. The van der Waals surface area contributed by atoms with Crippen molar-refractivity contribution in [3.63, 3.8) is 0 Å². The van der Waals surface area contributed by atoms with Gasteiger partial charge < -0.3 is 4.74 Å². The van der Waals surface area contributed by atoms with E-state index >= 15 is 0 Å². The van der Waals surface area contributed by atoms with Crippen LogP contribution >= 0.6 is 11.6 Å². The predicted octanol–water partition coefficient (Wildman–Crippen LogP) is 2.02. The quantitative estimate of drug-likeness (QED) is 0.718. The van der Waals surface area contributed by atoms with Gasteiger partial charge in [0.1, 0.15) is 0 Å². The number of nitrogens with zero attached hydrogens (tertiary/aromatic N) is 3. The van der Waals surface area contributed by atoms with Gasteiger partial charge in [-0.2, -0.15) is 0 Å². The standard InChI is InChI=1S/C11H18ClN3O/c12-6-1-3-10-9-15(14-13-10)7-5-11-4-2-8-16-11/h9,11H,1-8H2. The van der Waals surface area contributed by atoms with E-state index in [2.05, 4.69) is 10.3 Å². The molecule has 0 radical (unpaired) electrons. The molecule has 0 aromatic carbocycles. The van der Waals surface area contributed by atoms with Crippen LogP contribution in [0.15, 0.2) is 6.20 Å². The largest absolute Gasteiger partial charge is 0.378 e. The molecule has 1 aliphatic rings. The zero-order chi connectivity index (χ0) is 11.2. The highest BCUT2D eigenvalue weighted by molar-refractivity contribution is 6.17. The molecule has 1 aromatic heterocycles. The zero-order valence-corrected chi connectivity index (χ0v) is 10.2. The van der Waals surface area contributed by atoms with E-state index in [9.17, 15) is 0 Å². The molecule has 0 aliphatic carbocycles. The number of ether oxygens (including phenoxy) is 1. The summed E-state index contributed by atoms with van der Waals surface area (Å²) in [5, 5.41) is 8.21. The third-order valence-corrected chi connectivity index (χ3v) is 3.12. The molecule has 1 unspecified atom stereocenters. The van der Waals surface area contributed by atoms with Gasteiger partial charge in [0.2, 0.25) is 0 Å². The minimum absolute atomic E-state index is 0.426. The van der Waals surface area contributed by atoms with Crippen molar-refractivity contribution in [1.29, 1.82) is 0 Å². The molecule has 2 heterocycles. The van der Waals surface area contributed by atoms with Crippen LogP contribution in [0.2, 0.25) is 0 Å². The second kappa shape index (κ2) is 6.21. The zero-order valence-electron chi connectivity index (χ0n) is 9.44. The van der Waals surface area contributed by atoms with Crippen molar-refractivity contribution in [3.8, 4) is 0 Å². The van der Waals surface area contributed by atoms with Crippen molar-refractivity contribution in [3.05, 3.63) is 11.9 Å². The Hall–Kier alpha value is -0.610. The molecule has 0 amide bonds. The van der Waals surface area contributed by atoms with E-state index in [-0.39, 0.29) is 0 Å². The van der Waals surface area contributed by atoms with Gasteiger partial charge >= 0.3 is 0 Å². The van der Waals surface area contributed by atoms with E-state index in [0.29, 0.717) is 12.0 Å². The lowest BCUT2D eigenvalue weighted by Crippen LogP contribution is -2.10. The Labute approximate surface area is 101 Å². The average Bonchev–Trinajstić information content (AvgIpc) is 2.95. The highest BCUT2D eigenvalue weighted by atomic mass is 35.5. The van der Waals surface area contributed by atoms with E-state index in [4.69, 9.17) is 16.3 Å². The minimum Gasteiger partial charge on any atom is -0.378 e. The summed E-state index contributed by atoms with van der Waals surface area (Å²) in [5.74, 6) is 0.683. The second-order valence-electron chi connectivity index (χ2n) is 4.19. The van der Waals surface area contributed by atoms with Gasteiger partial charge in [0.05, 0.1) is 11.8 Å². The van der Waals surface area contributed by atoms with Crippen LogP contribution < -0.4 is 0 Å². The molecule has 1 aromatic rings. The fourth-order valence-electron chi connectivity index (χ4n) is 1.96. The molecule has 5 heteroatoms. The summed E-state index contributed by atoms with van der Waals surface area (Å²) in [7, 11) is 0. The summed E-state index contributed by atoms with van der Waals surface area (Å²) in [6, 6.07) is 0. The smallest absolute Gasteiger partial charge is 0.0827 e. The van der Waals surface area contributed by atoms with Gasteiger partial charge in [0, 0.05) is 25.2 Å². The van der Waals surface area contributed by atoms with Crippen molar-refractivity contribution in [2.24, 2.45) is 0 Å². The summed E-state index contributed by atoms with van der Waals surface area (Å²) in [5.41, 5.74) is 1.04. The number of aromatic nitrogens is 3. The Morgan fingerprint density at radius 3 is 3.25 bits per heavy atom. The van der Waals surface area contributed by atoms with Crippen LogP contribution in [-0.4, -0.2) is 33.6 Å². The molecule has 1 aliphatic heterocycles. The maximum Gasteiger partial charge on any atom is 0.0827 e. The first-order valence-electron chi connectivity index (χ1n) is 5.95. The molecule has 1 saturated heterocycles. The molecule has 16 heavy (non-hydrogen) atoms. The van der Waals surface area contributed by atoms with E-state index in [1.54, 1.807) is 0 Å². The number of alkyl halides is 1. The van der Waals surface area contributed by atoms with E-state index < -0.39 is 0 Å². The molecule has 0 spiro atoms. The highest BCUT2D eigenvalue weighted by Gasteiger charge is 2.15. The lowest BCUT2D eigenvalue weighted by molar-refractivity contribution is 0.0993. The van der Waals surface area contributed by atoms with Gasteiger partial charge in [0.25, 0.3) is 0 Å². The Kier molecular flexibility index (Phi) is 4.60. The predicted molar refractivity (Wildman–Crippen MR) is 62.7 cm³/mol. The van der Waals surface area contributed by atoms with Crippen molar-refractivity contribution in [1.82, 2.24) is 15.0 Å². The molecule has 90 valence electrons. The van der Waals surface area contributed by atoms with Gasteiger partial charge in [0.15, 0.2) is 0 Å². The Bertz CT molecular complexity index is 310. The number of halogens is 1. The van der Waals surface area contributed by atoms with Crippen molar-refractivity contribution in [2.75, 3.05) is 12.5 Å². The topological polar surface area (TPSA) is 39.9 Å². The van der Waals surface area contributed by atoms with Gasteiger partial charge in [-0.25, -0.2) is 0 Å². The fourth-order valence-corrected chi connectivity index (χ4v) is 2.09. The van der Waals surface area contributed by atoms with Gasteiger partial charge in [-0.05, 0) is 32.1 Å². The van der Waals surface area contributed by atoms with Crippen molar-refractivity contribution in [2.45, 2.75) is 44.8 Å². The van der Waals surface area contributed by atoms with Crippen molar-refractivity contribution < 1.29 is 4.74 Å². The SMILES string of the molecule is ClCCCc1cn(CCC2CCCO2)nn1. The monoisotopic (exact) mass is 243 g/mol. The average molecular weight is 244 g/mol. The maximum absolute atomic E-state index is 5.63. The Morgan fingerprint density at radius 2 is 2.50 bits per heavy atom. The highest BCUT2D eigenvalue weighted by Crippen LogP contribution is 2.15. The van der Waals surface area contributed by atoms with Gasteiger partial charge in [-0.3, -0.25) is 4.68 Å². The fraction of sp³-hybridized carbons (Fsp3) is 0.818. The molecule has 1 fully saturated rings. The second-order valence-corrected chi connectivity index (χ2v) is 4.57. The summed E-state index contributed by atoms with van der Waals surface area (Å²) in [4.78, 5) is 0. The summed E-state index contributed by atoms with van der Waals surface area (Å²) < 4.78 is 7.48. The van der Waals surface area contributed by atoms with Crippen LogP contribution in [0.25, 0.3) is 0 Å². The molecule has 0 N–H and O–H groups in total. The van der Waals surface area contributed by atoms with Crippen LogP contribution in [0, 0.1) is 0 Å². The first-order chi connectivity index (χ1) is 7.88.